The van der Waals surface area contributed by atoms with Crippen LogP contribution in [0.5, 0.6) is 0 Å². The Bertz CT molecular complexity index is 523. The summed E-state index contributed by atoms with van der Waals surface area (Å²) in [5.74, 6) is 0.880. The second-order valence-electron chi connectivity index (χ2n) is 4.68. The van der Waals surface area contributed by atoms with Crippen LogP contribution in [-0.4, -0.2) is 10.9 Å². The summed E-state index contributed by atoms with van der Waals surface area (Å²) in [6.45, 7) is 1.13. The monoisotopic (exact) mass is 213 g/mol. The van der Waals surface area contributed by atoms with E-state index in [9.17, 15) is 4.79 Å². The van der Waals surface area contributed by atoms with E-state index in [2.05, 4.69) is 29.0 Å². The van der Waals surface area contributed by atoms with Crippen molar-refractivity contribution < 1.29 is 4.79 Å². The number of benzene rings is 1. The molecule has 0 amide bonds. The van der Waals surface area contributed by atoms with Gasteiger partial charge in [0.25, 0.3) is 0 Å². The van der Waals surface area contributed by atoms with Crippen LogP contribution in [-0.2, 0) is 17.8 Å². The molecule has 0 saturated heterocycles. The van der Waals surface area contributed by atoms with Gasteiger partial charge < -0.3 is 9.36 Å². The number of nitrogens with zero attached hydrogens (tertiary/aromatic N) is 1. The maximum atomic E-state index is 10.5. The molecule has 2 heteroatoms. The highest BCUT2D eigenvalue weighted by molar-refractivity contribution is 5.81. The van der Waals surface area contributed by atoms with Crippen molar-refractivity contribution in [3.05, 3.63) is 36.0 Å². The topological polar surface area (TPSA) is 22.0 Å². The fourth-order valence-electron chi connectivity index (χ4n) is 2.19. The Kier molecular flexibility index (Phi) is 2.28. The Morgan fingerprint density at radius 1 is 1.31 bits per heavy atom. The van der Waals surface area contributed by atoms with Crippen molar-refractivity contribution in [3.8, 4) is 0 Å². The molecule has 1 fully saturated rings. The van der Waals surface area contributed by atoms with E-state index in [0.717, 1.165) is 24.3 Å². The fourth-order valence-corrected chi connectivity index (χ4v) is 2.19. The first-order valence-electron chi connectivity index (χ1n) is 5.88. The zero-order valence-corrected chi connectivity index (χ0v) is 9.23. The Morgan fingerprint density at radius 3 is 2.94 bits per heavy atom. The van der Waals surface area contributed by atoms with Crippen LogP contribution >= 0.6 is 0 Å². The maximum absolute atomic E-state index is 10.5. The summed E-state index contributed by atoms with van der Waals surface area (Å²) < 4.78 is 2.32. The van der Waals surface area contributed by atoms with Crippen molar-refractivity contribution in [2.45, 2.75) is 25.8 Å². The van der Waals surface area contributed by atoms with E-state index in [1.165, 1.54) is 23.7 Å². The summed E-state index contributed by atoms with van der Waals surface area (Å²) in [5, 5.41) is 1.27. The molecule has 0 spiro atoms. The summed E-state index contributed by atoms with van der Waals surface area (Å²) in [6.07, 6.45) is 6.38. The molecule has 16 heavy (non-hydrogen) atoms. The predicted molar refractivity (Wildman–Crippen MR) is 64.4 cm³/mol. The molecular formula is C14H15NO. The molecule has 0 aliphatic heterocycles. The highest BCUT2D eigenvalue weighted by Crippen LogP contribution is 2.32. The number of hydrogen-bond donors (Lipinski definition) is 0. The lowest BCUT2D eigenvalue weighted by molar-refractivity contribution is -0.107. The van der Waals surface area contributed by atoms with Crippen LogP contribution in [0.3, 0.4) is 0 Å². The number of hydrogen-bond acceptors (Lipinski definition) is 1. The van der Waals surface area contributed by atoms with Gasteiger partial charge in [0.1, 0.15) is 6.29 Å². The average Bonchev–Trinajstić information content (AvgIpc) is 3.01. The molecule has 1 aromatic carbocycles. The molecule has 2 aromatic rings. The van der Waals surface area contributed by atoms with E-state index < -0.39 is 0 Å². The number of aromatic nitrogens is 1. The van der Waals surface area contributed by atoms with Crippen LogP contribution in [0.25, 0.3) is 10.9 Å². The van der Waals surface area contributed by atoms with Crippen LogP contribution in [0, 0.1) is 5.92 Å². The van der Waals surface area contributed by atoms with Crippen molar-refractivity contribution in [2.75, 3.05) is 0 Å². The lowest BCUT2D eigenvalue weighted by atomic mass is 10.1. The molecule has 82 valence electrons. The number of carbonyl (C=O) groups excluding carboxylic acids is 1. The predicted octanol–water partition coefficient (Wildman–Crippen LogP) is 2.79. The Labute approximate surface area is 94.9 Å². The summed E-state index contributed by atoms with van der Waals surface area (Å²) >= 11 is 0. The Balaban J connectivity index is 2.00. The highest BCUT2D eigenvalue weighted by atomic mass is 16.1. The minimum Gasteiger partial charge on any atom is -0.347 e. The van der Waals surface area contributed by atoms with Gasteiger partial charge in [-0.15, -0.1) is 0 Å². The second kappa shape index (κ2) is 3.78. The maximum Gasteiger partial charge on any atom is 0.124 e. The van der Waals surface area contributed by atoms with E-state index in [-0.39, 0.29) is 0 Å². The van der Waals surface area contributed by atoms with Gasteiger partial charge in [-0.2, -0.15) is 0 Å². The molecule has 1 aliphatic rings. The molecule has 0 unspecified atom stereocenters. The van der Waals surface area contributed by atoms with Gasteiger partial charge in [-0.25, -0.2) is 0 Å². The zero-order valence-electron chi connectivity index (χ0n) is 9.23. The van der Waals surface area contributed by atoms with Crippen LogP contribution in [0.1, 0.15) is 18.4 Å². The van der Waals surface area contributed by atoms with Crippen molar-refractivity contribution >= 4 is 17.2 Å². The second-order valence-corrected chi connectivity index (χ2v) is 4.68. The quantitative estimate of drug-likeness (QED) is 0.716. The molecule has 1 aliphatic carbocycles. The molecular weight excluding hydrogens is 198 g/mol. The van der Waals surface area contributed by atoms with Gasteiger partial charge in [0.05, 0.1) is 0 Å². The zero-order chi connectivity index (χ0) is 11.0. The number of carbonyl (C=O) groups is 1. The minimum absolute atomic E-state index is 0.518. The van der Waals surface area contributed by atoms with Gasteiger partial charge in [-0.05, 0) is 41.8 Å². The van der Waals surface area contributed by atoms with Gasteiger partial charge in [0.15, 0.2) is 0 Å². The van der Waals surface area contributed by atoms with Crippen molar-refractivity contribution in [3.63, 3.8) is 0 Å². The molecule has 0 atom stereocenters. The lowest BCUT2D eigenvalue weighted by Crippen LogP contribution is -1.97. The van der Waals surface area contributed by atoms with Crippen LogP contribution in [0.2, 0.25) is 0 Å². The van der Waals surface area contributed by atoms with Crippen LogP contribution in [0.4, 0.5) is 0 Å². The van der Waals surface area contributed by atoms with Gasteiger partial charge in [-0.1, -0.05) is 12.1 Å². The molecule has 0 radical (unpaired) electrons. The fraction of sp³-hybridized carbons (Fsp3) is 0.357. The first-order chi connectivity index (χ1) is 7.86. The van der Waals surface area contributed by atoms with Gasteiger partial charge in [0, 0.05) is 24.7 Å². The first-order valence-corrected chi connectivity index (χ1v) is 5.88. The Hall–Kier alpha value is -1.57. The van der Waals surface area contributed by atoms with E-state index in [1.807, 2.05) is 6.07 Å². The summed E-state index contributed by atoms with van der Waals surface area (Å²) in [4.78, 5) is 10.5. The summed E-state index contributed by atoms with van der Waals surface area (Å²) in [7, 11) is 0. The van der Waals surface area contributed by atoms with E-state index in [1.54, 1.807) is 0 Å². The van der Waals surface area contributed by atoms with Crippen LogP contribution in [0.15, 0.2) is 30.5 Å². The number of rotatable bonds is 4. The average molecular weight is 213 g/mol. The van der Waals surface area contributed by atoms with Crippen molar-refractivity contribution in [1.29, 1.82) is 0 Å². The van der Waals surface area contributed by atoms with Crippen molar-refractivity contribution in [1.82, 2.24) is 4.57 Å². The molecule has 1 heterocycles. The third-order valence-electron chi connectivity index (χ3n) is 3.31. The third-order valence-corrected chi connectivity index (χ3v) is 3.31. The van der Waals surface area contributed by atoms with Gasteiger partial charge in [-0.3, -0.25) is 0 Å². The highest BCUT2D eigenvalue weighted by Gasteiger charge is 2.21. The van der Waals surface area contributed by atoms with Gasteiger partial charge >= 0.3 is 0 Å². The van der Waals surface area contributed by atoms with E-state index in [0.29, 0.717) is 6.42 Å². The van der Waals surface area contributed by atoms with Crippen LogP contribution < -0.4 is 0 Å². The lowest BCUT2D eigenvalue weighted by Gasteiger charge is -2.04. The summed E-state index contributed by atoms with van der Waals surface area (Å²) in [6, 6.07) is 8.45. The van der Waals surface area contributed by atoms with E-state index in [4.69, 9.17) is 0 Å². The smallest absolute Gasteiger partial charge is 0.124 e. The normalized spacial score (nSPS) is 15.5. The molecule has 0 bridgehead atoms. The minimum atomic E-state index is 0.518. The molecule has 3 rings (SSSR count). The molecule has 1 saturated carbocycles. The first kappa shape index (κ1) is 9.64. The van der Waals surface area contributed by atoms with Gasteiger partial charge in [0.2, 0.25) is 0 Å². The summed E-state index contributed by atoms with van der Waals surface area (Å²) in [5.41, 5.74) is 2.38. The standard InChI is InChI=1S/C14H15NO/c16-8-6-11-3-4-13-5-7-15(14(13)9-11)10-12-1-2-12/h3-5,7-9,12H,1-2,6,10H2. The SMILES string of the molecule is O=CCc1ccc2ccn(CC3CC3)c2c1. The van der Waals surface area contributed by atoms with E-state index >= 15 is 0 Å². The molecule has 2 nitrogen and oxygen atoms in total. The Morgan fingerprint density at radius 2 is 2.19 bits per heavy atom. The third kappa shape index (κ3) is 1.75. The largest absolute Gasteiger partial charge is 0.347 e. The molecule has 1 aromatic heterocycles. The molecule has 0 N–H and O–H groups in total. The van der Waals surface area contributed by atoms with Crippen molar-refractivity contribution in [2.24, 2.45) is 5.92 Å². The number of aldehydes is 1. The number of fused-ring (bicyclic) bond motifs is 1.